The van der Waals surface area contributed by atoms with Crippen LogP contribution in [0.15, 0.2) is 48.5 Å². The number of halogens is 4. The molecule has 0 spiro atoms. The average Bonchev–Trinajstić information content (AvgIpc) is 3.11. The van der Waals surface area contributed by atoms with Gasteiger partial charge in [0.1, 0.15) is 17.7 Å². The highest BCUT2D eigenvalue weighted by atomic mass is 19.4. The van der Waals surface area contributed by atoms with Crippen molar-refractivity contribution in [2.45, 2.75) is 19.2 Å². The Labute approximate surface area is 167 Å². The van der Waals surface area contributed by atoms with Gasteiger partial charge in [-0.1, -0.05) is 12.1 Å². The zero-order valence-corrected chi connectivity index (χ0v) is 15.5. The van der Waals surface area contributed by atoms with E-state index in [-0.39, 0.29) is 17.2 Å². The van der Waals surface area contributed by atoms with Gasteiger partial charge in [0.2, 0.25) is 0 Å². The van der Waals surface area contributed by atoms with Gasteiger partial charge in [-0.2, -0.15) is 18.3 Å². The third kappa shape index (κ3) is 3.94. The number of aromatic amines is 1. The lowest BCUT2D eigenvalue weighted by molar-refractivity contribution is -0.137. The van der Waals surface area contributed by atoms with Gasteiger partial charge in [0.25, 0.3) is 0 Å². The lowest BCUT2D eigenvalue weighted by Gasteiger charge is -2.15. The fourth-order valence-corrected chi connectivity index (χ4v) is 2.94. The van der Waals surface area contributed by atoms with E-state index in [4.69, 9.17) is 0 Å². The molecule has 0 unspecified atom stereocenters. The summed E-state index contributed by atoms with van der Waals surface area (Å²) >= 11 is 0. The van der Waals surface area contributed by atoms with Crippen LogP contribution in [0.2, 0.25) is 0 Å². The first-order chi connectivity index (χ1) is 14.2. The lowest BCUT2D eigenvalue weighted by Crippen LogP contribution is -2.10. The number of nitrogens with zero attached hydrogens (tertiary/aromatic N) is 3. The van der Waals surface area contributed by atoms with Crippen LogP contribution in [0.5, 0.6) is 0 Å². The monoisotopic (exact) mass is 417 g/mol. The molecule has 10 heteroatoms. The quantitative estimate of drug-likeness (QED) is 0.421. The summed E-state index contributed by atoms with van der Waals surface area (Å²) in [5.41, 5.74) is 0.175. The van der Waals surface area contributed by atoms with Crippen molar-refractivity contribution >= 4 is 22.5 Å². The summed E-state index contributed by atoms with van der Waals surface area (Å²) in [7, 11) is 0. The molecule has 3 N–H and O–H groups in total. The Morgan fingerprint density at radius 3 is 2.40 bits per heavy atom. The number of aromatic nitrogens is 4. The molecule has 154 valence electrons. The van der Waals surface area contributed by atoms with Gasteiger partial charge in [0, 0.05) is 17.1 Å². The summed E-state index contributed by atoms with van der Waals surface area (Å²) in [5, 5.41) is 20.7. The summed E-state index contributed by atoms with van der Waals surface area (Å²) in [5.74, 6) is -0.0503. The second-order valence-electron chi connectivity index (χ2n) is 6.68. The fraction of sp³-hybridized carbons (Fsp3) is 0.150. The highest BCUT2D eigenvalue weighted by Crippen LogP contribution is 2.34. The van der Waals surface area contributed by atoms with Crippen molar-refractivity contribution in [2.75, 3.05) is 5.32 Å². The number of aliphatic hydroxyl groups excluding tert-OH is 1. The van der Waals surface area contributed by atoms with Crippen LogP contribution < -0.4 is 5.32 Å². The smallest absolute Gasteiger partial charge is 0.380 e. The molecule has 0 saturated carbocycles. The number of hydrogen-bond donors (Lipinski definition) is 3. The van der Waals surface area contributed by atoms with E-state index in [1.807, 2.05) is 0 Å². The van der Waals surface area contributed by atoms with Gasteiger partial charge in [0.15, 0.2) is 11.6 Å². The van der Waals surface area contributed by atoms with Crippen molar-refractivity contribution in [2.24, 2.45) is 0 Å². The first-order valence-electron chi connectivity index (χ1n) is 8.82. The molecule has 0 amide bonds. The summed E-state index contributed by atoms with van der Waals surface area (Å²) in [4.78, 5) is 8.43. The Bertz CT molecular complexity index is 1200. The van der Waals surface area contributed by atoms with Crippen molar-refractivity contribution in [1.82, 2.24) is 20.2 Å². The molecule has 4 aromatic rings. The number of nitrogens with one attached hydrogen (secondary N) is 2. The second-order valence-corrected chi connectivity index (χ2v) is 6.68. The number of hydrogen-bond acceptors (Lipinski definition) is 5. The number of fused-ring (bicyclic) bond motifs is 1. The SMILES string of the molecule is Cc1cc(Nc2nc([C@@H](O)c3ccc(F)cc3)nc3cc(C(F)(F)F)ccc23)n[nH]1. The standard InChI is InChI=1S/C20H15F4N5O/c1-10-8-16(29-28-10)26-18-14-7-4-12(20(22,23)24)9-15(14)25-19(27-18)17(30)11-2-5-13(21)6-3-11/h2-9,17,30H,1H3,(H2,25,26,27,28,29)/t17-/m0/s1. The molecule has 4 rings (SSSR count). The predicted molar refractivity (Wildman–Crippen MR) is 102 cm³/mol. The molecule has 0 aliphatic heterocycles. The molecule has 2 heterocycles. The summed E-state index contributed by atoms with van der Waals surface area (Å²) in [6, 6.07) is 9.79. The maximum atomic E-state index is 13.2. The van der Waals surface area contributed by atoms with Gasteiger partial charge < -0.3 is 10.4 Å². The minimum atomic E-state index is -4.55. The Morgan fingerprint density at radius 2 is 1.77 bits per heavy atom. The first-order valence-corrected chi connectivity index (χ1v) is 8.82. The average molecular weight is 417 g/mol. The highest BCUT2D eigenvalue weighted by Gasteiger charge is 2.31. The molecule has 0 aliphatic rings. The van der Waals surface area contributed by atoms with Gasteiger partial charge in [-0.15, -0.1) is 0 Å². The number of benzene rings is 2. The van der Waals surface area contributed by atoms with Crippen LogP contribution in [-0.2, 0) is 6.18 Å². The van der Waals surface area contributed by atoms with Crippen LogP contribution in [0.4, 0.5) is 29.2 Å². The zero-order chi connectivity index (χ0) is 21.5. The molecule has 6 nitrogen and oxygen atoms in total. The molecule has 0 aliphatic carbocycles. The van der Waals surface area contributed by atoms with E-state index in [2.05, 4.69) is 25.5 Å². The van der Waals surface area contributed by atoms with Gasteiger partial charge >= 0.3 is 6.18 Å². The third-order valence-electron chi connectivity index (χ3n) is 4.42. The van der Waals surface area contributed by atoms with E-state index in [1.165, 1.54) is 18.2 Å². The summed E-state index contributed by atoms with van der Waals surface area (Å²) in [6.45, 7) is 1.79. The van der Waals surface area contributed by atoms with E-state index in [9.17, 15) is 22.7 Å². The van der Waals surface area contributed by atoms with Gasteiger partial charge in [-0.05, 0) is 42.8 Å². The maximum absolute atomic E-state index is 13.2. The largest absolute Gasteiger partial charge is 0.416 e. The van der Waals surface area contributed by atoms with Crippen LogP contribution in [0, 0.1) is 12.7 Å². The minimum absolute atomic E-state index is 0.00857. The normalized spacial score (nSPS) is 12.9. The Kier molecular flexibility index (Phi) is 4.86. The number of rotatable bonds is 4. The van der Waals surface area contributed by atoms with Crippen LogP contribution in [0.3, 0.4) is 0 Å². The Hall–Kier alpha value is -3.53. The maximum Gasteiger partial charge on any atom is 0.416 e. The van der Waals surface area contributed by atoms with Crippen molar-refractivity contribution in [3.63, 3.8) is 0 Å². The highest BCUT2D eigenvalue weighted by molar-refractivity contribution is 5.91. The third-order valence-corrected chi connectivity index (χ3v) is 4.42. The second kappa shape index (κ2) is 7.38. The molecule has 1 atom stereocenters. The number of anilines is 2. The van der Waals surface area contributed by atoms with E-state index in [0.717, 1.165) is 30.0 Å². The van der Waals surface area contributed by atoms with Crippen LogP contribution in [-0.4, -0.2) is 25.3 Å². The molecule has 2 aromatic heterocycles. The number of alkyl halides is 3. The van der Waals surface area contributed by atoms with Crippen LogP contribution in [0.25, 0.3) is 10.9 Å². The first kappa shape index (κ1) is 19.8. The van der Waals surface area contributed by atoms with Crippen molar-refractivity contribution < 1.29 is 22.7 Å². The van der Waals surface area contributed by atoms with Gasteiger partial charge in [0.05, 0.1) is 11.1 Å². The fourth-order valence-electron chi connectivity index (χ4n) is 2.94. The van der Waals surface area contributed by atoms with Gasteiger partial charge in [-0.3, -0.25) is 5.10 Å². The molecule has 2 aromatic carbocycles. The predicted octanol–water partition coefficient (Wildman–Crippen LogP) is 4.64. The zero-order valence-electron chi connectivity index (χ0n) is 15.5. The molecular weight excluding hydrogens is 402 g/mol. The van der Waals surface area contributed by atoms with E-state index < -0.39 is 23.7 Å². The molecule has 0 radical (unpaired) electrons. The molecule has 30 heavy (non-hydrogen) atoms. The topological polar surface area (TPSA) is 86.7 Å². The molecule has 0 saturated heterocycles. The van der Waals surface area contributed by atoms with Crippen LogP contribution in [0.1, 0.15) is 28.7 Å². The Balaban J connectivity index is 1.85. The van der Waals surface area contributed by atoms with E-state index >= 15 is 0 Å². The van der Waals surface area contributed by atoms with Crippen molar-refractivity contribution in [3.05, 3.63) is 77.0 Å². The number of aliphatic hydroxyl groups is 1. The van der Waals surface area contributed by atoms with E-state index in [0.29, 0.717) is 16.8 Å². The molecule has 0 bridgehead atoms. The lowest BCUT2D eigenvalue weighted by atomic mass is 10.1. The molecule has 0 fully saturated rings. The minimum Gasteiger partial charge on any atom is -0.380 e. The van der Waals surface area contributed by atoms with Crippen molar-refractivity contribution in [3.8, 4) is 0 Å². The van der Waals surface area contributed by atoms with Crippen LogP contribution >= 0.6 is 0 Å². The van der Waals surface area contributed by atoms with Crippen molar-refractivity contribution in [1.29, 1.82) is 0 Å². The Morgan fingerprint density at radius 1 is 1.03 bits per heavy atom. The van der Waals surface area contributed by atoms with Gasteiger partial charge in [-0.25, -0.2) is 14.4 Å². The number of H-pyrrole nitrogens is 1. The number of aryl methyl sites for hydroxylation is 1. The van der Waals surface area contributed by atoms with E-state index in [1.54, 1.807) is 13.0 Å². The summed E-state index contributed by atoms with van der Waals surface area (Å²) in [6.07, 6.45) is -5.92. The summed E-state index contributed by atoms with van der Waals surface area (Å²) < 4.78 is 52.7. The molecular formula is C20H15F4N5O.